The van der Waals surface area contributed by atoms with Crippen molar-refractivity contribution in [3.05, 3.63) is 41.4 Å². The molecule has 2 saturated heterocycles. The largest absolute Gasteiger partial charge is 0.483 e. The number of piperidine rings is 1. The summed E-state index contributed by atoms with van der Waals surface area (Å²) < 4.78 is 13.1. The molecule has 4 unspecified atom stereocenters. The van der Waals surface area contributed by atoms with Crippen molar-refractivity contribution in [2.75, 3.05) is 32.1 Å². The van der Waals surface area contributed by atoms with E-state index in [1.807, 2.05) is 0 Å². The summed E-state index contributed by atoms with van der Waals surface area (Å²) in [5, 5.41) is 16.8. The first-order valence-corrected chi connectivity index (χ1v) is 13.8. The van der Waals surface area contributed by atoms with Crippen LogP contribution in [0, 0.1) is 5.92 Å². The fraction of sp³-hybridized carbons (Fsp3) is 0.462. The Balaban J connectivity index is 1.27. The number of nitrogens with zero attached hydrogens (tertiary/aromatic N) is 5. The van der Waals surface area contributed by atoms with Gasteiger partial charge >= 0.3 is 0 Å². The van der Waals surface area contributed by atoms with Crippen LogP contribution < -0.4 is 26.8 Å². The van der Waals surface area contributed by atoms with Crippen LogP contribution in [-0.2, 0) is 25.7 Å². The predicted molar refractivity (Wildman–Crippen MR) is 150 cm³/mol. The number of aliphatic hydroxyl groups is 1. The third-order valence-corrected chi connectivity index (χ3v) is 7.76. The first-order chi connectivity index (χ1) is 20.2. The number of aliphatic hydroxyl groups excluding tert-OH is 1. The van der Waals surface area contributed by atoms with Gasteiger partial charge in [0.05, 0.1) is 12.4 Å². The van der Waals surface area contributed by atoms with Crippen LogP contribution in [0.5, 0.6) is 5.75 Å². The zero-order valence-electron chi connectivity index (χ0n) is 22.8. The van der Waals surface area contributed by atoms with Crippen LogP contribution in [0.2, 0.25) is 5.02 Å². The average Bonchev–Trinajstić information content (AvgIpc) is 3.55. The van der Waals surface area contributed by atoms with Crippen LogP contribution >= 0.6 is 11.6 Å². The molecule has 3 aromatic rings. The van der Waals surface area contributed by atoms with Gasteiger partial charge in [0.1, 0.15) is 18.2 Å². The third-order valence-electron chi connectivity index (χ3n) is 7.53. The minimum absolute atomic E-state index is 0.180. The number of likely N-dealkylation sites (N-methyl/N-ethyl adjacent to an activating group) is 1. The minimum atomic E-state index is -1.18. The van der Waals surface area contributed by atoms with E-state index in [0.29, 0.717) is 59.2 Å². The number of ether oxygens (including phenoxy) is 2. The second-order valence-electron chi connectivity index (χ2n) is 10.1. The number of halogens is 1. The maximum absolute atomic E-state index is 12.7. The third kappa shape index (κ3) is 5.94. The Morgan fingerprint density at radius 3 is 2.69 bits per heavy atom. The molecule has 1 aromatic carbocycles. The summed E-state index contributed by atoms with van der Waals surface area (Å²) in [6, 6.07) is 4.12. The maximum atomic E-state index is 12.7. The van der Waals surface area contributed by atoms with Crippen molar-refractivity contribution in [1.29, 1.82) is 0 Å². The molecule has 0 aliphatic carbocycles. The highest BCUT2D eigenvalue weighted by molar-refractivity contribution is 6.30. The van der Waals surface area contributed by atoms with Crippen molar-refractivity contribution < 1.29 is 29.0 Å². The Morgan fingerprint density at radius 1 is 1.21 bits per heavy atom. The van der Waals surface area contributed by atoms with Gasteiger partial charge in [0.15, 0.2) is 35.9 Å². The van der Waals surface area contributed by atoms with Gasteiger partial charge in [0, 0.05) is 43.2 Å². The second-order valence-corrected chi connectivity index (χ2v) is 10.6. The summed E-state index contributed by atoms with van der Waals surface area (Å²) in [6.07, 6.45) is 0.629. The number of fused-ring (bicyclic) bond motifs is 1. The number of carbonyl (C=O) groups excluding carboxylic acids is 3. The van der Waals surface area contributed by atoms with E-state index in [-0.39, 0.29) is 30.9 Å². The number of nitrogens with one attached hydrogen (secondary N) is 2. The van der Waals surface area contributed by atoms with Crippen LogP contribution in [0.3, 0.4) is 0 Å². The lowest BCUT2D eigenvalue weighted by atomic mass is 9.96. The molecule has 4 atom stereocenters. The number of imidazole rings is 1. The number of nitrogens with two attached hydrogens (primary N) is 2. The van der Waals surface area contributed by atoms with E-state index >= 15 is 0 Å². The van der Waals surface area contributed by atoms with Crippen LogP contribution in [0.1, 0.15) is 24.6 Å². The van der Waals surface area contributed by atoms with Gasteiger partial charge < -0.3 is 41.6 Å². The minimum Gasteiger partial charge on any atom is -0.483 e. The first-order valence-electron chi connectivity index (χ1n) is 13.4. The molecule has 2 aliphatic rings. The Hall–Kier alpha value is -4.05. The van der Waals surface area contributed by atoms with E-state index in [9.17, 15) is 19.5 Å². The topological polar surface area (TPSA) is 213 Å². The lowest BCUT2D eigenvalue weighted by Crippen LogP contribution is -2.46. The van der Waals surface area contributed by atoms with E-state index in [1.165, 1.54) is 24.3 Å². The average molecular weight is 602 g/mol. The number of anilines is 1. The van der Waals surface area contributed by atoms with Crippen LogP contribution in [0.25, 0.3) is 11.2 Å². The Bertz CT molecular complexity index is 1480. The van der Waals surface area contributed by atoms with E-state index in [2.05, 4.69) is 25.6 Å². The summed E-state index contributed by atoms with van der Waals surface area (Å²) in [6.45, 7) is 0.936. The quantitative estimate of drug-likeness (QED) is 0.211. The first kappa shape index (κ1) is 29.4. The predicted octanol–water partition coefficient (Wildman–Crippen LogP) is -0.474. The zero-order chi connectivity index (χ0) is 30.0. The lowest BCUT2D eigenvalue weighted by Gasteiger charge is -2.30. The summed E-state index contributed by atoms with van der Waals surface area (Å²) >= 11 is 6.25. The van der Waals surface area contributed by atoms with E-state index < -0.39 is 30.4 Å². The van der Waals surface area contributed by atoms with Crippen molar-refractivity contribution in [1.82, 2.24) is 29.7 Å². The molecule has 16 heteroatoms. The van der Waals surface area contributed by atoms with E-state index in [1.54, 1.807) is 23.1 Å². The van der Waals surface area contributed by atoms with Gasteiger partial charge in [-0.15, -0.1) is 0 Å². The molecule has 0 bridgehead atoms. The molecular formula is C26H32ClN9O6. The van der Waals surface area contributed by atoms with Crippen molar-refractivity contribution in [2.45, 2.75) is 43.9 Å². The Labute approximate surface area is 245 Å². The van der Waals surface area contributed by atoms with E-state index in [4.69, 9.17) is 32.5 Å². The number of aromatic nitrogens is 4. The van der Waals surface area contributed by atoms with Crippen molar-refractivity contribution in [3.8, 4) is 5.75 Å². The molecule has 5 rings (SSSR count). The molecule has 224 valence electrons. The van der Waals surface area contributed by atoms with E-state index in [0.717, 1.165) is 0 Å². The van der Waals surface area contributed by atoms with Gasteiger partial charge in [-0.25, -0.2) is 15.0 Å². The number of hydrogen-bond acceptors (Lipinski definition) is 11. The van der Waals surface area contributed by atoms with Crippen LogP contribution in [0.15, 0.2) is 30.9 Å². The van der Waals surface area contributed by atoms with Crippen molar-refractivity contribution >= 4 is 46.3 Å². The molecule has 2 fully saturated rings. The molecule has 2 aromatic heterocycles. The number of amides is 3. The summed E-state index contributed by atoms with van der Waals surface area (Å²) in [5.41, 5.74) is 12.8. The summed E-state index contributed by atoms with van der Waals surface area (Å²) in [4.78, 5) is 50.9. The van der Waals surface area contributed by atoms with Crippen molar-refractivity contribution in [3.63, 3.8) is 0 Å². The highest BCUT2D eigenvalue weighted by Gasteiger charge is 2.46. The maximum Gasteiger partial charge on any atom is 0.260 e. The summed E-state index contributed by atoms with van der Waals surface area (Å²) in [7, 11) is 1.46. The van der Waals surface area contributed by atoms with Crippen molar-refractivity contribution in [2.24, 2.45) is 17.4 Å². The lowest BCUT2D eigenvalue weighted by molar-refractivity contribution is -0.136. The highest BCUT2D eigenvalue weighted by atomic mass is 35.5. The molecule has 4 heterocycles. The van der Waals surface area contributed by atoms with Gasteiger partial charge in [-0.1, -0.05) is 11.6 Å². The molecule has 42 heavy (non-hydrogen) atoms. The fourth-order valence-electron chi connectivity index (χ4n) is 5.12. The SMILES string of the molecule is CNC(=O)C1OC(n2cnc3c(NCc4cc(Cl)ccc4OCC(=O)N4CCC(C(N)=O)CC4)ncnc32)C(O)C1N. The Morgan fingerprint density at radius 2 is 1.98 bits per heavy atom. The zero-order valence-corrected chi connectivity index (χ0v) is 23.5. The molecule has 2 aliphatic heterocycles. The molecule has 0 saturated carbocycles. The molecule has 7 N–H and O–H groups in total. The molecule has 0 radical (unpaired) electrons. The second kappa shape index (κ2) is 12.4. The van der Waals surface area contributed by atoms with Gasteiger partial charge in [0.2, 0.25) is 5.91 Å². The standard InChI is InChI=1S/C26H32ClN9O6/c1-30-25(40)21-18(28)20(38)26(42-21)36-12-34-19-23(32-11-33-24(19)36)31-9-14-8-15(27)2-3-16(14)41-10-17(37)35-6-4-13(5-7-35)22(29)39/h2-3,8,11-13,18,20-21,26,38H,4-7,9-10,28H2,1H3,(H2,29,39)(H,30,40)(H,31,32,33). The Kier molecular flexibility index (Phi) is 8.72. The number of rotatable bonds is 9. The number of benzene rings is 1. The number of carbonyl (C=O) groups is 3. The van der Waals surface area contributed by atoms with Gasteiger partial charge in [0.25, 0.3) is 11.8 Å². The monoisotopic (exact) mass is 601 g/mol. The summed E-state index contributed by atoms with van der Waals surface area (Å²) in [5.74, 6) is -0.342. The smallest absolute Gasteiger partial charge is 0.260 e. The number of primary amides is 1. The molecular weight excluding hydrogens is 570 g/mol. The van der Waals surface area contributed by atoms with Gasteiger partial charge in [-0.2, -0.15) is 0 Å². The highest BCUT2D eigenvalue weighted by Crippen LogP contribution is 2.32. The molecule has 0 spiro atoms. The molecule has 3 amide bonds. The number of hydrogen-bond donors (Lipinski definition) is 5. The fourth-order valence-corrected chi connectivity index (χ4v) is 5.31. The van der Waals surface area contributed by atoms with Gasteiger partial charge in [-0.05, 0) is 31.0 Å². The van der Waals surface area contributed by atoms with Gasteiger partial charge in [-0.3, -0.25) is 19.0 Å². The number of likely N-dealkylation sites (tertiary alicyclic amines) is 1. The molecule has 15 nitrogen and oxygen atoms in total. The van der Waals surface area contributed by atoms with Crippen LogP contribution in [0.4, 0.5) is 5.82 Å². The normalized spacial score (nSPS) is 22.7. The van der Waals surface area contributed by atoms with Crippen LogP contribution in [-0.4, -0.2) is 92.2 Å².